The van der Waals surface area contributed by atoms with Crippen LogP contribution in [0.5, 0.6) is 0 Å². The van der Waals surface area contributed by atoms with E-state index in [0.717, 1.165) is 11.1 Å². The van der Waals surface area contributed by atoms with E-state index in [1.807, 2.05) is 31.2 Å². The first kappa shape index (κ1) is 18.0. The van der Waals surface area contributed by atoms with E-state index in [9.17, 15) is 14.4 Å². The van der Waals surface area contributed by atoms with Gasteiger partial charge in [-0.15, -0.1) is 0 Å². The minimum absolute atomic E-state index is 0.0255. The molecule has 0 aromatic heterocycles. The Morgan fingerprint density at radius 2 is 1.88 bits per heavy atom. The maximum absolute atomic E-state index is 12.5. The third kappa shape index (κ3) is 4.57. The number of benzene rings is 1. The van der Waals surface area contributed by atoms with E-state index in [4.69, 9.17) is 5.11 Å². The first-order chi connectivity index (χ1) is 11.4. The lowest BCUT2D eigenvalue weighted by Gasteiger charge is -2.31. The van der Waals surface area contributed by atoms with Crippen molar-refractivity contribution in [1.29, 1.82) is 0 Å². The van der Waals surface area contributed by atoms with Crippen LogP contribution in [0.1, 0.15) is 43.4 Å². The van der Waals surface area contributed by atoms with Crippen LogP contribution in [-0.4, -0.2) is 40.9 Å². The molecule has 2 rings (SSSR count). The van der Waals surface area contributed by atoms with E-state index in [-0.39, 0.29) is 24.2 Å². The van der Waals surface area contributed by atoms with E-state index in [2.05, 4.69) is 5.32 Å². The van der Waals surface area contributed by atoms with Crippen molar-refractivity contribution >= 4 is 17.8 Å². The molecule has 2 N–H and O–H groups in total. The summed E-state index contributed by atoms with van der Waals surface area (Å²) in [7, 11) is 0. The lowest BCUT2D eigenvalue weighted by atomic mass is 9.93. The third-order valence-corrected chi connectivity index (χ3v) is 4.57. The Morgan fingerprint density at radius 3 is 2.42 bits per heavy atom. The number of carboxylic acid groups (broad SMARTS) is 1. The van der Waals surface area contributed by atoms with Gasteiger partial charge in [-0.05, 0) is 30.9 Å². The van der Waals surface area contributed by atoms with Gasteiger partial charge in [0.2, 0.25) is 11.8 Å². The summed E-state index contributed by atoms with van der Waals surface area (Å²) >= 11 is 0. The summed E-state index contributed by atoms with van der Waals surface area (Å²) in [6.45, 7) is 4.58. The summed E-state index contributed by atoms with van der Waals surface area (Å²) < 4.78 is 0. The van der Waals surface area contributed by atoms with Crippen molar-refractivity contribution < 1.29 is 19.5 Å². The van der Waals surface area contributed by atoms with Gasteiger partial charge < -0.3 is 15.3 Å². The van der Waals surface area contributed by atoms with E-state index in [1.54, 1.807) is 4.90 Å². The number of amides is 2. The first-order valence-corrected chi connectivity index (χ1v) is 8.21. The summed E-state index contributed by atoms with van der Waals surface area (Å²) in [5.41, 5.74) is 1.78. The molecule has 2 amide bonds. The van der Waals surface area contributed by atoms with Crippen molar-refractivity contribution in [2.75, 3.05) is 13.1 Å². The van der Waals surface area contributed by atoms with Gasteiger partial charge in [0.15, 0.2) is 0 Å². The number of likely N-dealkylation sites (tertiary alicyclic amines) is 1. The SMILES string of the molecule is CC(=O)N1CCC(C(=O)NC(CC(=O)O)c2ccccc2C)CC1. The molecule has 0 radical (unpaired) electrons. The Morgan fingerprint density at radius 1 is 1.25 bits per heavy atom. The van der Waals surface area contributed by atoms with Crippen LogP contribution in [0.15, 0.2) is 24.3 Å². The second-order valence-electron chi connectivity index (χ2n) is 6.30. The van der Waals surface area contributed by atoms with Gasteiger partial charge in [0.1, 0.15) is 0 Å². The molecule has 1 aliphatic rings. The summed E-state index contributed by atoms with van der Waals surface area (Å²) in [6.07, 6.45) is 1.07. The summed E-state index contributed by atoms with van der Waals surface area (Å²) in [5, 5.41) is 12.1. The molecule has 1 saturated heterocycles. The van der Waals surface area contributed by atoms with Crippen LogP contribution < -0.4 is 5.32 Å². The average molecular weight is 332 g/mol. The normalized spacial score (nSPS) is 16.5. The van der Waals surface area contributed by atoms with Gasteiger partial charge in [-0.2, -0.15) is 0 Å². The topological polar surface area (TPSA) is 86.7 Å². The van der Waals surface area contributed by atoms with E-state index in [1.165, 1.54) is 6.92 Å². The molecule has 0 bridgehead atoms. The van der Waals surface area contributed by atoms with Crippen molar-refractivity contribution in [3.63, 3.8) is 0 Å². The zero-order chi connectivity index (χ0) is 17.7. The number of hydrogen-bond acceptors (Lipinski definition) is 3. The highest BCUT2D eigenvalue weighted by Crippen LogP contribution is 2.23. The van der Waals surface area contributed by atoms with Crippen molar-refractivity contribution in [3.8, 4) is 0 Å². The Kier molecular flexibility index (Phi) is 5.95. The predicted octanol–water partition coefficient (Wildman–Crippen LogP) is 1.89. The number of rotatable bonds is 5. The molecule has 1 unspecified atom stereocenters. The molecule has 6 heteroatoms. The predicted molar refractivity (Wildman–Crippen MR) is 89.3 cm³/mol. The Hall–Kier alpha value is -2.37. The van der Waals surface area contributed by atoms with Crippen molar-refractivity contribution in [3.05, 3.63) is 35.4 Å². The molecular formula is C18H24N2O4. The molecule has 0 aliphatic carbocycles. The largest absolute Gasteiger partial charge is 0.481 e. The molecule has 1 heterocycles. The number of nitrogens with zero attached hydrogens (tertiary/aromatic N) is 1. The standard InChI is InChI=1S/C18H24N2O4/c1-12-5-3-4-6-15(12)16(11-17(22)23)19-18(24)14-7-9-20(10-8-14)13(2)21/h3-6,14,16H,7-11H2,1-2H3,(H,19,24)(H,22,23). The fraction of sp³-hybridized carbons (Fsp3) is 0.500. The van der Waals surface area contributed by atoms with Gasteiger partial charge in [0.25, 0.3) is 0 Å². The fourth-order valence-electron chi connectivity index (χ4n) is 3.14. The molecule has 130 valence electrons. The third-order valence-electron chi connectivity index (χ3n) is 4.57. The minimum Gasteiger partial charge on any atom is -0.481 e. The number of carbonyl (C=O) groups is 3. The molecule has 24 heavy (non-hydrogen) atoms. The number of carboxylic acids is 1. The molecule has 0 saturated carbocycles. The molecule has 1 aliphatic heterocycles. The Bertz CT molecular complexity index is 621. The van der Waals surface area contributed by atoms with Crippen LogP contribution in [0.25, 0.3) is 0 Å². The smallest absolute Gasteiger partial charge is 0.305 e. The van der Waals surface area contributed by atoms with Gasteiger partial charge in [-0.3, -0.25) is 14.4 Å². The van der Waals surface area contributed by atoms with Crippen LogP contribution in [0, 0.1) is 12.8 Å². The van der Waals surface area contributed by atoms with Crippen molar-refractivity contribution in [2.24, 2.45) is 5.92 Å². The van der Waals surface area contributed by atoms with Gasteiger partial charge >= 0.3 is 5.97 Å². The maximum Gasteiger partial charge on any atom is 0.305 e. The summed E-state index contributed by atoms with van der Waals surface area (Å²) in [5.74, 6) is -1.24. The lowest BCUT2D eigenvalue weighted by molar-refractivity contribution is -0.138. The Balaban J connectivity index is 2.04. The fourth-order valence-corrected chi connectivity index (χ4v) is 3.14. The second-order valence-corrected chi connectivity index (χ2v) is 6.30. The number of carbonyl (C=O) groups excluding carboxylic acids is 2. The molecule has 1 fully saturated rings. The zero-order valence-corrected chi connectivity index (χ0v) is 14.1. The van der Waals surface area contributed by atoms with E-state index in [0.29, 0.717) is 25.9 Å². The highest BCUT2D eigenvalue weighted by Gasteiger charge is 2.28. The molecule has 1 aromatic rings. The maximum atomic E-state index is 12.5. The number of piperidine rings is 1. The van der Waals surface area contributed by atoms with Crippen molar-refractivity contribution in [1.82, 2.24) is 10.2 Å². The number of hydrogen-bond donors (Lipinski definition) is 2. The van der Waals surface area contributed by atoms with Crippen LogP contribution in [0.4, 0.5) is 0 Å². The molecular weight excluding hydrogens is 308 g/mol. The molecule has 1 aromatic carbocycles. The highest BCUT2D eigenvalue weighted by molar-refractivity contribution is 5.81. The monoisotopic (exact) mass is 332 g/mol. The quantitative estimate of drug-likeness (QED) is 0.862. The van der Waals surface area contributed by atoms with Crippen LogP contribution in [0.3, 0.4) is 0 Å². The number of aryl methyl sites for hydroxylation is 1. The van der Waals surface area contributed by atoms with Gasteiger partial charge in [-0.25, -0.2) is 0 Å². The second kappa shape index (κ2) is 7.95. The van der Waals surface area contributed by atoms with E-state index >= 15 is 0 Å². The average Bonchev–Trinajstić information content (AvgIpc) is 2.54. The lowest BCUT2D eigenvalue weighted by Crippen LogP contribution is -2.43. The number of aliphatic carboxylic acids is 1. The van der Waals surface area contributed by atoms with Gasteiger partial charge in [0.05, 0.1) is 12.5 Å². The minimum atomic E-state index is -0.949. The molecule has 0 spiro atoms. The highest BCUT2D eigenvalue weighted by atomic mass is 16.4. The van der Waals surface area contributed by atoms with Crippen LogP contribution in [-0.2, 0) is 14.4 Å². The number of nitrogens with one attached hydrogen (secondary N) is 1. The first-order valence-electron chi connectivity index (χ1n) is 8.21. The van der Waals surface area contributed by atoms with E-state index < -0.39 is 12.0 Å². The molecule has 6 nitrogen and oxygen atoms in total. The summed E-state index contributed by atoms with van der Waals surface area (Å²) in [4.78, 5) is 36.8. The molecule has 1 atom stereocenters. The van der Waals surface area contributed by atoms with Crippen LogP contribution in [0.2, 0.25) is 0 Å². The summed E-state index contributed by atoms with van der Waals surface area (Å²) in [6, 6.07) is 6.94. The van der Waals surface area contributed by atoms with Crippen molar-refractivity contribution in [2.45, 2.75) is 39.2 Å². The van der Waals surface area contributed by atoms with Gasteiger partial charge in [-0.1, -0.05) is 24.3 Å². The van der Waals surface area contributed by atoms with Gasteiger partial charge in [0, 0.05) is 25.9 Å². The Labute approximate surface area is 141 Å². The zero-order valence-electron chi connectivity index (χ0n) is 14.1. The van der Waals surface area contributed by atoms with Crippen LogP contribution >= 0.6 is 0 Å².